The van der Waals surface area contributed by atoms with E-state index in [1.807, 2.05) is 0 Å². The first kappa shape index (κ1) is 17.3. The van der Waals surface area contributed by atoms with Crippen molar-refractivity contribution in [1.29, 1.82) is 0 Å². The Morgan fingerprint density at radius 2 is 2.04 bits per heavy atom. The van der Waals surface area contributed by atoms with Crippen LogP contribution in [-0.4, -0.2) is 29.2 Å². The molecular formula is C19H21FN2O3. The first-order valence-electron chi connectivity index (χ1n) is 8.56. The van der Waals surface area contributed by atoms with Gasteiger partial charge in [-0.2, -0.15) is 5.10 Å². The highest BCUT2D eigenvalue weighted by molar-refractivity contribution is 6.37. The second-order valence-corrected chi connectivity index (χ2v) is 6.37. The monoisotopic (exact) mass is 344 g/mol. The summed E-state index contributed by atoms with van der Waals surface area (Å²) in [6, 6.07) is 5.87. The molecule has 2 aliphatic rings. The van der Waals surface area contributed by atoms with Crippen molar-refractivity contribution in [2.75, 3.05) is 6.61 Å². The average Bonchev–Trinajstić information content (AvgIpc) is 2.64. The van der Waals surface area contributed by atoms with E-state index in [-0.39, 0.29) is 30.4 Å². The quantitative estimate of drug-likeness (QED) is 0.609. The van der Waals surface area contributed by atoms with Crippen LogP contribution >= 0.6 is 0 Å². The van der Waals surface area contributed by atoms with E-state index in [1.54, 1.807) is 12.1 Å². The number of hydrogen-bond donors (Lipinski definition) is 0. The maximum absolute atomic E-state index is 13.0. The van der Waals surface area contributed by atoms with E-state index in [1.165, 1.54) is 17.1 Å². The molecule has 0 saturated carbocycles. The largest absolute Gasteiger partial charge is 0.461 e. The predicted molar refractivity (Wildman–Crippen MR) is 91.1 cm³/mol. The Balaban J connectivity index is 1.60. The molecule has 0 radical (unpaired) electrons. The number of rotatable bonds is 5. The molecule has 0 saturated heterocycles. The summed E-state index contributed by atoms with van der Waals surface area (Å²) >= 11 is 0. The Morgan fingerprint density at radius 3 is 2.76 bits per heavy atom. The molecule has 1 atom stereocenters. The number of amides is 1. The summed E-state index contributed by atoms with van der Waals surface area (Å²) in [5.74, 6) is -0.585. The van der Waals surface area contributed by atoms with E-state index in [0.29, 0.717) is 18.9 Å². The van der Waals surface area contributed by atoms with Crippen molar-refractivity contribution in [3.05, 3.63) is 47.8 Å². The second-order valence-electron chi connectivity index (χ2n) is 6.37. The Morgan fingerprint density at radius 1 is 1.24 bits per heavy atom. The molecule has 1 unspecified atom stereocenters. The molecule has 1 aromatic carbocycles. The smallest absolute Gasteiger partial charge is 0.354 e. The van der Waals surface area contributed by atoms with E-state index in [0.717, 1.165) is 24.8 Å². The van der Waals surface area contributed by atoms with Crippen LogP contribution in [0.1, 0.15) is 37.7 Å². The molecule has 1 aliphatic heterocycles. The van der Waals surface area contributed by atoms with Crippen LogP contribution in [0.3, 0.4) is 0 Å². The minimum atomic E-state index is -0.453. The van der Waals surface area contributed by atoms with Crippen LogP contribution in [0.25, 0.3) is 0 Å². The highest BCUT2D eigenvalue weighted by atomic mass is 19.1. The third-order valence-electron chi connectivity index (χ3n) is 4.41. The molecule has 25 heavy (non-hydrogen) atoms. The van der Waals surface area contributed by atoms with E-state index < -0.39 is 5.97 Å². The maximum atomic E-state index is 13.0. The van der Waals surface area contributed by atoms with Crippen LogP contribution in [0, 0.1) is 11.7 Å². The Hall–Kier alpha value is -2.50. The highest BCUT2D eigenvalue weighted by Crippen LogP contribution is 2.19. The van der Waals surface area contributed by atoms with Crippen molar-refractivity contribution in [3.63, 3.8) is 0 Å². The van der Waals surface area contributed by atoms with Crippen LogP contribution in [0.15, 0.2) is 41.5 Å². The average molecular weight is 344 g/mol. The number of halogens is 1. The number of hydrazone groups is 1. The topological polar surface area (TPSA) is 59.0 Å². The summed E-state index contributed by atoms with van der Waals surface area (Å²) in [5, 5.41) is 5.42. The molecule has 1 aliphatic carbocycles. The van der Waals surface area contributed by atoms with Crippen molar-refractivity contribution in [3.8, 4) is 0 Å². The molecule has 3 rings (SSSR count). The number of hydrogen-bond acceptors (Lipinski definition) is 4. The highest BCUT2D eigenvalue weighted by Gasteiger charge is 2.26. The minimum absolute atomic E-state index is 0.154. The zero-order valence-corrected chi connectivity index (χ0v) is 14.0. The number of nitrogens with zero attached hydrogens (tertiary/aromatic N) is 2. The second kappa shape index (κ2) is 8.05. The summed E-state index contributed by atoms with van der Waals surface area (Å²) < 4.78 is 18.4. The normalized spacial score (nSPS) is 20.4. The summed E-state index contributed by atoms with van der Waals surface area (Å²) in [6.07, 6.45) is 7.73. The third-order valence-corrected chi connectivity index (χ3v) is 4.41. The molecule has 1 amide bonds. The fourth-order valence-corrected chi connectivity index (χ4v) is 2.92. The van der Waals surface area contributed by atoms with Gasteiger partial charge < -0.3 is 4.74 Å². The molecule has 6 heteroatoms. The van der Waals surface area contributed by atoms with Gasteiger partial charge in [0.05, 0.1) is 13.2 Å². The number of ether oxygens (including phenoxy) is 1. The van der Waals surface area contributed by atoms with E-state index in [2.05, 4.69) is 17.3 Å². The number of carbonyl (C=O) groups is 2. The Bertz CT molecular complexity index is 697. The summed E-state index contributed by atoms with van der Waals surface area (Å²) in [6.45, 7) is 0.595. The van der Waals surface area contributed by atoms with E-state index >= 15 is 0 Å². The first-order chi connectivity index (χ1) is 12.1. The maximum Gasteiger partial charge on any atom is 0.354 e. The van der Waals surface area contributed by atoms with Gasteiger partial charge in [-0.3, -0.25) is 4.79 Å². The summed E-state index contributed by atoms with van der Waals surface area (Å²) in [4.78, 5) is 24.3. The van der Waals surface area contributed by atoms with Crippen molar-refractivity contribution < 1.29 is 18.7 Å². The summed E-state index contributed by atoms with van der Waals surface area (Å²) in [5.41, 5.74) is 1.02. The van der Waals surface area contributed by atoms with Crippen LogP contribution in [0.4, 0.5) is 4.39 Å². The SMILES string of the molecule is O=C(OCC1CC=CCC1)C1=NN(Cc2ccc(F)cc2)C(=O)CC1. The van der Waals surface area contributed by atoms with Gasteiger partial charge in [-0.1, -0.05) is 24.3 Å². The molecule has 5 nitrogen and oxygen atoms in total. The molecule has 0 bridgehead atoms. The zero-order chi connectivity index (χ0) is 17.6. The number of benzene rings is 1. The van der Waals surface area contributed by atoms with Crippen LogP contribution < -0.4 is 0 Å². The lowest BCUT2D eigenvalue weighted by atomic mass is 9.95. The molecule has 0 aromatic heterocycles. The first-order valence-corrected chi connectivity index (χ1v) is 8.56. The molecule has 1 aromatic rings. The summed E-state index contributed by atoms with van der Waals surface area (Å²) in [7, 11) is 0. The Kier molecular flexibility index (Phi) is 5.58. The van der Waals surface area contributed by atoms with Crippen molar-refractivity contribution >= 4 is 17.6 Å². The Labute approximate surface area is 146 Å². The van der Waals surface area contributed by atoms with Gasteiger partial charge >= 0.3 is 5.97 Å². The number of carbonyl (C=O) groups excluding carboxylic acids is 2. The molecule has 132 valence electrons. The van der Waals surface area contributed by atoms with Crippen molar-refractivity contribution in [1.82, 2.24) is 5.01 Å². The minimum Gasteiger partial charge on any atom is -0.461 e. The van der Waals surface area contributed by atoms with Gasteiger partial charge in [0.15, 0.2) is 0 Å². The standard InChI is InChI=1S/C19H21FN2O3/c20-16-8-6-14(7-9-16)12-22-18(23)11-10-17(21-22)19(24)25-13-15-4-2-1-3-5-15/h1-2,6-9,15H,3-5,10-13H2. The van der Waals surface area contributed by atoms with Crippen LogP contribution in [-0.2, 0) is 20.9 Å². The van der Waals surface area contributed by atoms with Gasteiger partial charge in [-0.05, 0) is 42.9 Å². The van der Waals surface area contributed by atoms with Crippen molar-refractivity contribution in [2.45, 2.75) is 38.6 Å². The lowest BCUT2D eigenvalue weighted by molar-refractivity contribution is -0.138. The molecule has 0 fully saturated rings. The number of esters is 1. The lowest BCUT2D eigenvalue weighted by Gasteiger charge is -2.23. The molecule has 1 heterocycles. The van der Waals surface area contributed by atoms with Crippen LogP contribution in [0.5, 0.6) is 0 Å². The van der Waals surface area contributed by atoms with Crippen LogP contribution in [0.2, 0.25) is 0 Å². The molecule has 0 spiro atoms. The molecule has 0 N–H and O–H groups in total. The van der Waals surface area contributed by atoms with Gasteiger partial charge in [0, 0.05) is 12.8 Å². The third kappa shape index (κ3) is 4.75. The van der Waals surface area contributed by atoms with Gasteiger partial charge in [-0.25, -0.2) is 14.2 Å². The van der Waals surface area contributed by atoms with Crippen molar-refractivity contribution in [2.24, 2.45) is 11.0 Å². The fraction of sp³-hybridized carbons (Fsp3) is 0.421. The van der Waals surface area contributed by atoms with Gasteiger partial charge in [0.25, 0.3) is 0 Å². The van der Waals surface area contributed by atoms with E-state index in [9.17, 15) is 14.0 Å². The number of allylic oxidation sites excluding steroid dienone is 2. The predicted octanol–water partition coefficient (Wildman–Crippen LogP) is 3.20. The fourth-order valence-electron chi connectivity index (χ4n) is 2.92. The zero-order valence-electron chi connectivity index (χ0n) is 14.0. The van der Waals surface area contributed by atoms with Gasteiger partial charge in [0.2, 0.25) is 5.91 Å². The van der Waals surface area contributed by atoms with E-state index in [4.69, 9.17) is 4.74 Å². The lowest BCUT2D eigenvalue weighted by Crippen LogP contribution is -2.35. The van der Waals surface area contributed by atoms with Gasteiger partial charge in [0.1, 0.15) is 11.5 Å². The van der Waals surface area contributed by atoms with Gasteiger partial charge in [-0.15, -0.1) is 0 Å². The molecular weight excluding hydrogens is 323 g/mol.